The Hall–Kier alpha value is -1.62. The number of ether oxygens (including phenoxy) is 1. The highest BCUT2D eigenvalue weighted by atomic mass is 16.5. The minimum Gasteiger partial charge on any atom is -0.479 e. The maximum atomic E-state index is 11.6. The summed E-state index contributed by atoms with van der Waals surface area (Å²) < 4.78 is 5.62. The van der Waals surface area contributed by atoms with E-state index < -0.39 is 0 Å². The Labute approximate surface area is 101 Å². The van der Waals surface area contributed by atoms with Gasteiger partial charge in [0.2, 0.25) is 0 Å². The van der Waals surface area contributed by atoms with Crippen molar-refractivity contribution in [1.29, 1.82) is 0 Å². The fourth-order valence-electron chi connectivity index (χ4n) is 1.83. The van der Waals surface area contributed by atoms with Crippen molar-refractivity contribution in [2.24, 2.45) is 0 Å². The van der Waals surface area contributed by atoms with E-state index in [1.54, 1.807) is 18.1 Å². The molecule has 1 aromatic rings. The normalized spacial score (nSPS) is 19.8. The van der Waals surface area contributed by atoms with Crippen molar-refractivity contribution in [2.75, 3.05) is 20.6 Å². The van der Waals surface area contributed by atoms with Crippen molar-refractivity contribution in [3.63, 3.8) is 0 Å². The van der Waals surface area contributed by atoms with Crippen LogP contribution >= 0.6 is 0 Å². The lowest BCUT2D eigenvalue weighted by Gasteiger charge is -2.12. The van der Waals surface area contributed by atoms with Crippen molar-refractivity contribution in [3.8, 4) is 5.75 Å². The van der Waals surface area contributed by atoms with Crippen LogP contribution < -0.4 is 10.1 Å². The van der Waals surface area contributed by atoms with Gasteiger partial charge >= 0.3 is 0 Å². The molecule has 0 radical (unpaired) electrons. The fraction of sp³-hybridized carbons (Fsp3) is 0.500. The number of nitrogens with one attached hydrogen (secondary N) is 1. The average Bonchev–Trinajstić information content (AvgIpc) is 2.64. The SMILES string of the molecule is CNCc1ccc(OC2CCN(C)C2=O)cn1. The van der Waals surface area contributed by atoms with Gasteiger partial charge in [0, 0.05) is 26.6 Å². The molecule has 0 bridgehead atoms. The van der Waals surface area contributed by atoms with Crippen LogP contribution in [0.15, 0.2) is 18.3 Å². The Bertz CT molecular complexity index is 391. The quantitative estimate of drug-likeness (QED) is 0.821. The first kappa shape index (κ1) is 11.9. The molecule has 1 N–H and O–H groups in total. The van der Waals surface area contributed by atoms with E-state index in [0.717, 1.165) is 25.2 Å². The first-order valence-corrected chi connectivity index (χ1v) is 5.72. The van der Waals surface area contributed by atoms with Gasteiger partial charge in [0.05, 0.1) is 11.9 Å². The largest absolute Gasteiger partial charge is 0.479 e. The number of aromatic nitrogens is 1. The molecule has 0 aromatic carbocycles. The summed E-state index contributed by atoms with van der Waals surface area (Å²) in [6.45, 7) is 1.49. The van der Waals surface area contributed by atoms with Gasteiger partial charge in [-0.25, -0.2) is 0 Å². The molecule has 5 nitrogen and oxygen atoms in total. The second-order valence-electron chi connectivity index (χ2n) is 4.17. The van der Waals surface area contributed by atoms with Crippen LogP contribution in [-0.2, 0) is 11.3 Å². The third-order valence-electron chi connectivity index (χ3n) is 2.81. The van der Waals surface area contributed by atoms with Crippen LogP contribution in [0, 0.1) is 0 Å². The van der Waals surface area contributed by atoms with Gasteiger partial charge in [-0.1, -0.05) is 0 Å². The van der Waals surface area contributed by atoms with E-state index >= 15 is 0 Å². The second-order valence-corrected chi connectivity index (χ2v) is 4.17. The van der Waals surface area contributed by atoms with Crippen molar-refractivity contribution in [3.05, 3.63) is 24.0 Å². The summed E-state index contributed by atoms with van der Waals surface area (Å²) in [5.74, 6) is 0.697. The Morgan fingerprint density at radius 2 is 2.41 bits per heavy atom. The Balaban J connectivity index is 1.97. The highest BCUT2D eigenvalue weighted by Crippen LogP contribution is 2.17. The maximum absolute atomic E-state index is 11.6. The smallest absolute Gasteiger partial charge is 0.263 e. The van der Waals surface area contributed by atoms with Crippen molar-refractivity contribution in [1.82, 2.24) is 15.2 Å². The molecule has 0 spiro atoms. The number of hydrogen-bond acceptors (Lipinski definition) is 4. The van der Waals surface area contributed by atoms with E-state index in [4.69, 9.17) is 4.74 Å². The summed E-state index contributed by atoms with van der Waals surface area (Å²) in [6.07, 6.45) is 2.06. The van der Waals surface area contributed by atoms with E-state index in [2.05, 4.69) is 10.3 Å². The number of likely N-dealkylation sites (N-methyl/N-ethyl adjacent to an activating group) is 1. The van der Waals surface area contributed by atoms with E-state index in [0.29, 0.717) is 5.75 Å². The molecule has 92 valence electrons. The molecular formula is C12H17N3O2. The van der Waals surface area contributed by atoms with Crippen LogP contribution in [-0.4, -0.2) is 42.5 Å². The predicted molar refractivity (Wildman–Crippen MR) is 63.7 cm³/mol. The van der Waals surface area contributed by atoms with Gasteiger partial charge in [0.25, 0.3) is 5.91 Å². The molecule has 0 aliphatic carbocycles. The molecule has 1 atom stereocenters. The van der Waals surface area contributed by atoms with Gasteiger partial charge in [-0.05, 0) is 19.2 Å². The van der Waals surface area contributed by atoms with Gasteiger partial charge in [0.15, 0.2) is 6.10 Å². The van der Waals surface area contributed by atoms with Gasteiger partial charge < -0.3 is 15.0 Å². The van der Waals surface area contributed by atoms with Crippen LogP contribution in [0.25, 0.3) is 0 Å². The zero-order valence-corrected chi connectivity index (χ0v) is 10.1. The molecular weight excluding hydrogens is 218 g/mol. The average molecular weight is 235 g/mol. The summed E-state index contributed by atoms with van der Waals surface area (Å²) in [6, 6.07) is 3.75. The van der Waals surface area contributed by atoms with Crippen LogP contribution in [0.2, 0.25) is 0 Å². The highest BCUT2D eigenvalue weighted by Gasteiger charge is 2.30. The standard InChI is InChI=1S/C12H17N3O2/c1-13-7-9-3-4-10(8-14-9)17-11-5-6-15(2)12(11)16/h3-4,8,11,13H,5-7H2,1-2H3. The Kier molecular flexibility index (Phi) is 3.58. The molecule has 1 amide bonds. The highest BCUT2D eigenvalue weighted by molar-refractivity contribution is 5.83. The van der Waals surface area contributed by atoms with Gasteiger partial charge in [-0.15, -0.1) is 0 Å². The molecule has 2 rings (SSSR count). The molecule has 2 heterocycles. The van der Waals surface area contributed by atoms with Crippen LogP contribution in [0.4, 0.5) is 0 Å². The summed E-state index contributed by atoms with van der Waals surface area (Å²) >= 11 is 0. The Morgan fingerprint density at radius 3 is 2.94 bits per heavy atom. The molecule has 0 saturated carbocycles. The van der Waals surface area contributed by atoms with Gasteiger partial charge in [0.1, 0.15) is 5.75 Å². The molecule has 1 aliphatic heterocycles. The third kappa shape index (κ3) is 2.74. The second kappa shape index (κ2) is 5.14. The monoisotopic (exact) mass is 235 g/mol. The number of carbonyl (C=O) groups excluding carboxylic acids is 1. The lowest BCUT2D eigenvalue weighted by molar-refractivity contribution is -0.132. The number of rotatable bonds is 4. The summed E-state index contributed by atoms with van der Waals surface area (Å²) in [4.78, 5) is 17.6. The van der Waals surface area contributed by atoms with E-state index in [-0.39, 0.29) is 12.0 Å². The molecule has 1 aromatic heterocycles. The third-order valence-corrected chi connectivity index (χ3v) is 2.81. The van der Waals surface area contributed by atoms with E-state index in [9.17, 15) is 4.79 Å². The molecule has 1 aliphatic rings. The molecule has 1 fully saturated rings. The minimum absolute atomic E-state index is 0.0456. The van der Waals surface area contributed by atoms with Gasteiger partial charge in [-0.2, -0.15) is 0 Å². The number of hydrogen-bond donors (Lipinski definition) is 1. The van der Waals surface area contributed by atoms with Crippen LogP contribution in [0.3, 0.4) is 0 Å². The zero-order valence-electron chi connectivity index (χ0n) is 10.1. The summed E-state index contributed by atoms with van der Waals surface area (Å²) in [5, 5.41) is 3.03. The number of pyridine rings is 1. The molecule has 1 unspecified atom stereocenters. The molecule has 17 heavy (non-hydrogen) atoms. The van der Waals surface area contributed by atoms with Crippen LogP contribution in [0.5, 0.6) is 5.75 Å². The molecule has 1 saturated heterocycles. The minimum atomic E-state index is -0.350. The number of carbonyl (C=O) groups is 1. The lowest BCUT2D eigenvalue weighted by atomic mass is 10.3. The van der Waals surface area contributed by atoms with Gasteiger partial charge in [-0.3, -0.25) is 9.78 Å². The number of likely N-dealkylation sites (tertiary alicyclic amines) is 1. The van der Waals surface area contributed by atoms with Crippen molar-refractivity contribution < 1.29 is 9.53 Å². The van der Waals surface area contributed by atoms with E-state index in [1.807, 2.05) is 19.2 Å². The Morgan fingerprint density at radius 1 is 1.59 bits per heavy atom. The topological polar surface area (TPSA) is 54.5 Å². The van der Waals surface area contributed by atoms with E-state index in [1.165, 1.54) is 0 Å². The number of amides is 1. The summed E-state index contributed by atoms with van der Waals surface area (Å²) in [5.41, 5.74) is 0.953. The van der Waals surface area contributed by atoms with Crippen molar-refractivity contribution >= 4 is 5.91 Å². The predicted octanol–water partition coefficient (Wildman–Crippen LogP) is 0.410. The maximum Gasteiger partial charge on any atom is 0.263 e. The lowest BCUT2D eigenvalue weighted by Crippen LogP contribution is -2.29. The van der Waals surface area contributed by atoms with Crippen molar-refractivity contribution in [2.45, 2.75) is 19.1 Å². The molecule has 5 heteroatoms. The fourth-order valence-corrected chi connectivity index (χ4v) is 1.83. The zero-order chi connectivity index (χ0) is 12.3. The number of nitrogens with zero attached hydrogens (tertiary/aromatic N) is 2. The first-order chi connectivity index (χ1) is 8.20. The summed E-state index contributed by atoms with van der Waals surface area (Å²) in [7, 11) is 3.67. The first-order valence-electron chi connectivity index (χ1n) is 5.72. The van der Waals surface area contributed by atoms with Crippen LogP contribution in [0.1, 0.15) is 12.1 Å².